The van der Waals surface area contributed by atoms with E-state index in [2.05, 4.69) is 0 Å². The van der Waals surface area contributed by atoms with E-state index in [4.69, 9.17) is 15.6 Å². The molecule has 5 nitrogen and oxygen atoms in total. The van der Waals surface area contributed by atoms with Crippen molar-refractivity contribution in [2.24, 2.45) is 5.73 Å². The summed E-state index contributed by atoms with van der Waals surface area (Å²) in [7, 11) is 3.97. The molecule has 3 N–H and O–H groups in total. The highest BCUT2D eigenvalue weighted by Gasteiger charge is 2.10. The Morgan fingerprint density at radius 1 is 1.39 bits per heavy atom. The third-order valence-corrected chi connectivity index (χ3v) is 2.61. The maximum atomic E-state index is 10.5. The van der Waals surface area contributed by atoms with Gasteiger partial charge in [0.2, 0.25) is 0 Å². The van der Waals surface area contributed by atoms with Gasteiger partial charge in [-0.2, -0.15) is 0 Å². The van der Waals surface area contributed by atoms with Gasteiger partial charge in [-0.25, -0.2) is 0 Å². The molecule has 0 spiro atoms. The summed E-state index contributed by atoms with van der Waals surface area (Å²) in [6, 6.07) is 7.17. The first-order chi connectivity index (χ1) is 8.50. The molecule has 1 atom stereocenters. The van der Waals surface area contributed by atoms with Gasteiger partial charge in [-0.3, -0.25) is 4.79 Å². The Morgan fingerprint density at radius 3 is 2.50 bits per heavy atom. The summed E-state index contributed by atoms with van der Waals surface area (Å²) in [5.74, 6) is -0.992. The van der Waals surface area contributed by atoms with Crippen LogP contribution in [0.2, 0.25) is 0 Å². The molecule has 1 aromatic carbocycles. The first-order valence-electron chi connectivity index (χ1n) is 5.83. The Hall–Kier alpha value is -1.59. The van der Waals surface area contributed by atoms with Crippen LogP contribution in [0.3, 0.4) is 0 Å². The number of ether oxygens (including phenoxy) is 1. The van der Waals surface area contributed by atoms with Crippen molar-refractivity contribution in [2.75, 3.05) is 25.6 Å². The van der Waals surface area contributed by atoms with E-state index in [1.807, 2.05) is 43.3 Å². The van der Waals surface area contributed by atoms with E-state index in [9.17, 15) is 4.79 Å². The van der Waals surface area contributed by atoms with Crippen molar-refractivity contribution in [2.45, 2.75) is 19.1 Å². The molecule has 0 radical (unpaired) electrons. The van der Waals surface area contributed by atoms with Gasteiger partial charge in [-0.15, -0.1) is 0 Å². The molecule has 0 saturated heterocycles. The van der Waals surface area contributed by atoms with E-state index in [0.717, 1.165) is 11.3 Å². The molecule has 0 aromatic heterocycles. The standard InChI is InChI=1S/C13H20N2O3/c1-15(2)11-5-3-10(4-6-11)9-18-8-7-12(14)13(16)17/h3-6,12H,7-9,14H2,1-2H3,(H,16,17)/t12-/m0/s1. The summed E-state index contributed by atoms with van der Waals surface area (Å²) in [4.78, 5) is 12.5. The molecular weight excluding hydrogens is 232 g/mol. The van der Waals surface area contributed by atoms with Crippen LogP contribution in [0.4, 0.5) is 5.69 Å². The van der Waals surface area contributed by atoms with Crippen LogP contribution in [0, 0.1) is 0 Å². The third kappa shape index (κ3) is 4.73. The van der Waals surface area contributed by atoms with E-state index >= 15 is 0 Å². The Labute approximate surface area is 107 Å². The van der Waals surface area contributed by atoms with Crippen molar-refractivity contribution in [3.63, 3.8) is 0 Å². The number of aliphatic carboxylic acids is 1. The van der Waals surface area contributed by atoms with E-state index in [-0.39, 0.29) is 0 Å². The zero-order chi connectivity index (χ0) is 13.5. The zero-order valence-electron chi connectivity index (χ0n) is 10.8. The molecule has 1 rings (SSSR count). The molecule has 0 aliphatic carbocycles. The number of nitrogens with zero attached hydrogens (tertiary/aromatic N) is 1. The molecule has 0 unspecified atom stereocenters. The van der Waals surface area contributed by atoms with Crippen LogP contribution in [0.5, 0.6) is 0 Å². The lowest BCUT2D eigenvalue weighted by molar-refractivity contribution is -0.139. The van der Waals surface area contributed by atoms with Gasteiger partial charge in [-0.05, 0) is 24.1 Å². The second kappa shape index (κ2) is 6.98. The van der Waals surface area contributed by atoms with Crippen LogP contribution < -0.4 is 10.6 Å². The second-order valence-corrected chi connectivity index (χ2v) is 4.35. The largest absolute Gasteiger partial charge is 0.480 e. The molecule has 0 bridgehead atoms. The first kappa shape index (κ1) is 14.5. The molecule has 0 aliphatic heterocycles. The van der Waals surface area contributed by atoms with Crippen molar-refractivity contribution < 1.29 is 14.6 Å². The molecule has 18 heavy (non-hydrogen) atoms. The number of carbonyl (C=O) groups is 1. The van der Waals surface area contributed by atoms with Gasteiger partial charge in [0.1, 0.15) is 6.04 Å². The molecule has 5 heteroatoms. The number of carboxylic acid groups (broad SMARTS) is 1. The van der Waals surface area contributed by atoms with Crippen molar-refractivity contribution in [3.8, 4) is 0 Å². The summed E-state index contributed by atoms with van der Waals surface area (Å²) in [5.41, 5.74) is 7.55. The Morgan fingerprint density at radius 2 is 2.00 bits per heavy atom. The van der Waals surface area contributed by atoms with Gasteiger partial charge in [0.25, 0.3) is 0 Å². The quantitative estimate of drug-likeness (QED) is 0.710. The molecule has 0 heterocycles. The van der Waals surface area contributed by atoms with E-state index in [1.165, 1.54) is 0 Å². The summed E-state index contributed by atoms with van der Waals surface area (Å²) in [6.45, 7) is 0.822. The number of benzene rings is 1. The number of hydrogen-bond donors (Lipinski definition) is 2. The van der Waals surface area contributed by atoms with Crippen LogP contribution in [0.15, 0.2) is 24.3 Å². The highest BCUT2D eigenvalue weighted by molar-refractivity contribution is 5.72. The highest BCUT2D eigenvalue weighted by atomic mass is 16.5. The lowest BCUT2D eigenvalue weighted by Crippen LogP contribution is -2.31. The van der Waals surface area contributed by atoms with Gasteiger partial charge in [-0.1, -0.05) is 12.1 Å². The Balaban J connectivity index is 2.29. The fourth-order valence-corrected chi connectivity index (χ4v) is 1.41. The van der Waals surface area contributed by atoms with Gasteiger partial charge in [0.05, 0.1) is 6.61 Å². The summed E-state index contributed by atoms with van der Waals surface area (Å²) in [6.07, 6.45) is 0.325. The summed E-state index contributed by atoms with van der Waals surface area (Å²) in [5, 5.41) is 8.60. The van der Waals surface area contributed by atoms with Crippen LogP contribution in [0.1, 0.15) is 12.0 Å². The van der Waals surface area contributed by atoms with Gasteiger partial charge in [0, 0.05) is 26.4 Å². The van der Waals surface area contributed by atoms with Crippen molar-refractivity contribution in [1.29, 1.82) is 0 Å². The third-order valence-electron chi connectivity index (χ3n) is 2.61. The number of carboxylic acids is 1. The summed E-state index contributed by atoms with van der Waals surface area (Å²) >= 11 is 0. The predicted molar refractivity (Wildman–Crippen MR) is 70.7 cm³/mol. The number of anilines is 1. The van der Waals surface area contributed by atoms with Crippen molar-refractivity contribution in [3.05, 3.63) is 29.8 Å². The normalized spacial score (nSPS) is 12.2. The average Bonchev–Trinajstić information content (AvgIpc) is 2.34. The molecule has 100 valence electrons. The molecular formula is C13H20N2O3. The highest BCUT2D eigenvalue weighted by Crippen LogP contribution is 2.12. The monoisotopic (exact) mass is 252 g/mol. The minimum atomic E-state index is -0.992. The maximum absolute atomic E-state index is 10.5. The Kier molecular flexibility index (Phi) is 5.61. The molecule has 0 fully saturated rings. The summed E-state index contributed by atoms with van der Waals surface area (Å²) < 4.78 is 5.38. The van der Waals surface area contributed by atoms with Crippen LogP contribution >= 0.6 is 0 Å². The van der Waals surface area contributed by atoms with Gasteiger partial charge in [0.15, 0.2) is 0 Å². The van der Waals surface area contributed by atoms with E-state index in [1.54, 1.807) is 0 Å². The van der Waals surface area contributed by atoms with Crippen molar-refractivity contribution in [1.82, 2.24) is 0 Å². The number of hydrogen-bond acceptors (Lipinski definition) is 4. The lowest BCUT2D eigenvalue weighted by atomic mass is 10.2. The van der Waals surface area contributed by atoms with E-state index in [0.29, 0.717) is 19.6 Å². The fourth-order valence-electron chi connectivity index (χ4n) is 1.41. The second-order valence-electron chi connectivity index (χ2n) is 4.35. The molecule has 0 aliphatic rings. The SMILES string of the molecule is CN(C)c1ccc(COCC[C@H](N)C(=O)O)cc1. The minimum absolute atomic E-state index is 0.325. The Bertz CT molecular complexity index is 376. The molecule has 0 saturated carbocycles. The van der Waals surface area contributed by atoms with Gasteiger partial charge < -0.3 is 20.5 Å². The minimum Gasteiger partial charge on any atom is -0.480 e. The topological polar surface area (TPSA) is 75.8 Å². The fraction of sp³-hybridized carbons (Fsp3) is 0.462. The van der Waals surface area contributed by atoms with Crippen LogP contribution in [-0.4, -0.2) is 37.8 Å². The van der Waals surface area contributed by atoms with Crippen LogP contribution in [-0.2, 0) is 16.1 Å². The molecule has 1 aromatic rings. The first-order valence-corrected chi connectivity index (χ1v) is 5.83. The lowest BCUT2D eigenvalue weighted by Gasteiger charge is -2.13. The van der Waals surface area contributed by atoms with E-state index < -0.39 is 12.0 Å². The smallest absolute Gasteiger partial charge is 0.320 e. The van der Waals surface area contributed by atoms with Crippen molar-refractivity contribution >= 4 is 11.7 Å². The average molecular weight is 252 g/mol. The number of rotatable bonds is 7. The zero-order valence-corrected chi connectivity index (χ0v) is 10.8. The maximum Gasteiger partial charge on any atom is 0.320 e. The van der Waals surface area contributed by atoms with Gasteiger partial charge >= 0.3 is 5.97 Å². The van der Waals surface area contributed by atoms with Crippen LogP contribution in [0.25, 0.3) is 0 Å². The molecule has 0 amide bonds. The number of nitrogens with two attached hydrogens (primary N) is 1. The predicted octanol–water partition coefficient (Wildman–Crippen LogP) is 1.07.